The van der Waals surface area contributed by atoms with Gasteiger partial charge in [-0.1, -0.05) is 24.4 Å². The fraction of sp³-hybridized carbons (Fsp3) is 0.722. The summed E-state index contributed by atoms with van der Waals surface area (Å²) in [4.78, 5) is 17.3. The van der Waals surface area contributed by atoms with Gasteiger partial charge in [0.05, 0.1) is 16.5 Å². The maximum absolute atomic E-state index is 13.0. The van der Waals surface area contributed by atoms with E-state index in [1.807, 2.05) is 0 Å². The number of hydrogen-bond acceptors (Lipinski definition) is 6. The molecule has 0 spiro atoms. The van der Waals surface area contributed by atoms with Gasteiger partial charge in [0.25, 0.3) is 0 Å². The van der Waals surface area contributed by atoms with E-state index in [9.17, 15) is 13.2 Å². The third-order valence-electron chi connectivity index (χ3n) is 4.99. The lowest BCUT2D eigenvalue weighted by Crippen LogP contribution is -2.37. The van der Waals surface area contributed by atoms with Gasteiger partial charge in [-0.05, 0) is 38.5 Å². The van der Waals surface area contributed by atoms with Crippen molar-refractivity contribution in [2.24, 2.45) is 11.8 Å². The zero-order valence-electron chi connectivity index (χ0n) is 15.8. The maximum atomic E-state index is 13.0. The van der Waals surface area contributed by atoms with Crippen molar-refractivity contribution in [3.05, 3.63) is 11.1 Å². The first-order valence-corrected chi connectivity index (χ1v) is 11.9. The summed E-state index contributed by atoms with van der Waals surface area (Å²) >= 11 is 10.7. The van der Waals surface area contributed by atoms with Crippen LogP contribution in [0, 0.1) is 11.8 Å². The van der Waals surface area contributed by atoms with Crippen LogP contribution in [0.25, 0.3) is 0 Å². The van der Waals surface area contributed by atoms with Gasteiger partial charge in [-0.15, -0.1) is 0 Å². The minimum absolute atomic E-state index is 0.0243. The Labute approximate surface area is 172 Å². The monoisotopic (exact) mass is 429 g/mol. The largest absolute Gasteiger partial charge is 0.387 e. The van der Waals surface area contributed by atoms with Crippen molar-refractivity contribution in [2.45, 2.75) is 44.6 Å². The number of rotatable bonds is 10. The van der Waals surface area contributed by atoms with E-state index in [0.717, 1.165) is 43.5 Å². The summed E-state index contributed by atoms with van der Waals surface area (Å²) in [5.41, 5.74) is 0. The average molecular weight is 430 g/mol. The number of nitrogens with one attached hydrogen (secondary N) is 1. The highest BCUT2D eigenvalue weighted by molar-refractivity contribution is 7.96. The van der Waals surface area contributed by atoms with Crippen molar-refractivity contribution in [3.63, 3.8) is 0 Å². The Morgan fingerprint density at radius 1 is 1.00 bits per heavy atom. The molecule has 0 radical (unpaired) electrons. The third kappa shape index (κ3) is 5.71. The number of sulfone groups is 1. The van der Waals surface area contributed by atoms with Crippen molar-refractivity contribution in [1.29, 1.82) is 0 Å². The second-order valence-corrected chi connectivity index (χ2v) is 10.7. The first-order valence-electron chi connectivity index (χ1n) is 9.41. The number of carbonyl (C=O) groups excluding carboxylic acids is 1. The van der Waals surface area contributed by atoms with Crippen LogP contribution in [0.4, 0.5) is 0 Å². The van der Waals surface area contributed by atoms with Gasteiger partial charge in [0, 0.05) is 38.2 Å². The molecule has 0 aromatic rings. The topological polar surface area (TPSA) is 69.7 Å². The highest BCUT2D eigenvalue weighted by Crippen LogP contribution is 2.33. The fourth-order valence-electron chi connectivity index (χ4n) is 2.83. The van der Waals surface area contributed by atoms with Gasteiger partial charge in [0.2, 0.25) is 9.84 Å². The summed E-state index contributed by atoms with van der Waals surface area (Å²) in [6.07, 6.45) is 7.49. The molecule has 0 aromatic heterocycles. The second kappa shape index (κ2) is 8.13. The Balaban J connectivity index is 1.70. The predicted octanol–water partition coefficient (Wildman–Crippen LogP) is 1.86. The lowest BCUT2D eigenvalue weighted by atomic mass is 10.3. The molecule has 3 aliphatic rings. The van der Waals surface area contributed by atoms with E-state index in [1.165, 1.54) is 6.20 Å². The van der Waals surface area contributed by atoms with Crippen LogP contribution in [0.5, 0.6) is 0 Å². The molecule has 0 aliphatic heterocycles. The lowest BCUT2D eigenvalue weighted by Gasteiger charge is -2.22. The Morgan fingerprint density at radius 3 is 2.00 bits per heavy atom. The molecular weight excluding hydrogens is 402 g/mol. The average Bonchev–Trinajstić information content (AvgIpc) is 3.47. The second-order valence-electron chi connectivity index (χ2n) is 7.90. The fourth-order valence-corrected chi connectivity index (χ4v) is 4.96. The van der Waals surface area contributed by atoms with Crippen molar-refractivity contribution in [3.8, 4) is 0 Å². The molecule has 9 heteroatoms. The van der Waals surface area contributed by atoms with Crippen molar-refractivity contribution >= 4 is 50.0 Å². The molecule has 6 nitrogen and oxygen atoms in total. The van der Waals surface area contributed by atoms with E-state index in [0.29, 0.717) is 16.8 Å². The minimum atomic E-state index is -3.80. The molecule has 0 heterocycles. The Morgan fingerprint density at radius 2 is 1.52 bits per heavy atom. The van der Waals surface area contributed by atoms with Crippen molar-refractivity contribution in [1.82, 2.24) is 15.1 Å². The zero-order chi connectivity index (χ0) is 19.8. The molecule has 27 heavy (non-hydrogen) atoms. The van der Waals surface area contributed by atoms with Crippen molar-refractivity contribution < 1.29 is 13.2 Å². The smallest absolute Gasteiger partial charge is 0.201 e. The first-order chi connectivity index (χ1) is 12.7. The zero-order valence-corrected chi connectivity index (χ0v) is 18.3. The van der Waals surface area contributed by atoms with Crippen molar-refractivity contribution in [2.75, 3.05) is 26.5 Å². The lowest BCUT2D eigenvalue weighted by molar-refractivity contribution is -0.115. The van der Waals surface area contributed by atoms with Crippen LogP contribution < -0.4 is 5.32 Å². The van der Waals surface area contributed by atoms with Gasteiger partial charge < -0.3 is 15.1 Å². The number of ketones is 1. The molecule has 1 N–H and O–H groups in total. The SMILES string of the molecule is CN(CC(=O)C(=CNC1CC1)S(=O)(=O)CN(C)C(=S)C1CC1)C(=S)C1CC1. The van der Waals surface area contributed by atoms with E-state index in [2.05, 4.69) is 5.32 Å². The molecule has 0 saturated heterocycles. The van der Waals surface area contributed by atoms with Gasteiger partial charge in [-0.2, -0.15) is 0 Å². The van der Waals surface area contributed by atoms with Gasteiger partial charge in [-0.3, -0.25) is 4.79 Å². The van der Waals surface area contributed by atoms with Crippen LogP contribution >= 0.6 is 24.4 Å². The number of nitrogens with zero attached hydrogens (tertiary/aromatic N) is 2. The number of hydrogen-bond donors (Lipinski definition) is 1. The number of Topliss-reactive ketones (excluding diaryl/α,β-unsaturated/α-hetero) is 1. The summed E-state index contributed by atoms with van der Waals surface area (Å²) in [6, 6.07) is 0.263. The molecule has 3 aliphatic carbocycles. The molecule has 150 valence electrons. The Bertz CT molecular complexity index is 766. The van der Waals surface area contributed by atoms with Crippen LogP contribution in [0.3, 0.4) is 0 Å². The molecule has 0 unspecified atom stereocenters. The maximum Gasteiger partial charge on any atom is 0.201 e. The van der Waals surface area contributed by atoms with Gasteiger partial charge in [-0.25, -0.2) is 8.42 Å². The molecule has 0 atom stereocenters. The Kier molecular flexibility index (Phi) is 6.22. The van der Waals surface area contributed by atoms with Crippen LogP contribution in [0.15, 0.2) is 11.1 Å². The van der Waals surface area contributed by atoms with E-state index >= 15 is 0 Å². The highest BCUT2D eigenvalue weighted by Gasteiger charge is 2.34. The van der Waals surface area contributed by atoms with Gasteiger partial charge >= 0.3 is 0 Å². The number of likely N-dealkylation sites (N-methyl/N-ethyl adjacent to an activating group) is 1. The molecule has 0 bridgehead atoms. The minimum Gasteiger partial charge on any atom is -0.387 e. The van der Waals surface area contributed by atoms with Crippen LogP contribution in [0.2, 0.25) is 0 Å². The van der Waals surface area contributed by atoms with Crippen LogP contribution in [-0.2, 0) is 14.6 Å². The predicted molar refractivity (Wildman–Crippen MR) is 114 cm³/mol. The summed E-state index contributed by atoms with van der Waals surface area (Å²) in [5.74, 6) is -0.0499. The molecular formula is C18H27N3O3S3. The summed E-state index contributed by atoms with van der Waals surface area (Å²) in [6.45, 7) is -0.0243. The quantitative estimate of drug-likeness (QED) is 0.417. The van der Waals surface area contributed by atoms with E-state index < -0.39 is 15.6 Å². The third-order valence-corrected chi connectivity index (χ3v) is 8.02. The summed E-state index contributed by atoms with van der Waals surface area (Å²) in [7, 11) is -0.359. The van der Waals surface area contributed by atoms with E-state index in [1.54, 1.807) is 23.9 Å². The number of thiocarbonyl (C=S) groups is 2. The summed E-state index contributed by atoms with van der Waals surface area (Å²) in [5, 5.41) is 3.05. The standard InChI is InChI=1S/C18H27N3O3S3/c1-20(17(25)12-3-4-12)10-15(22)16(9-19-14-7-8-14)27(23,24)11-21(2)18(26)13-5-6-13/h9,12-14,19H,3-8,10-11H2,1-2H3. The molecule has 0 aromatic carbocycles. The highest BCUT2D eigenvalue weighted by atomic mass is 32.2. The molecule has 3 fully saturated rings. The number of carbonyl (C=O) groups is 1. The van der Waals surface area contributed by atoms with Crippen LogP contribution in [-0.4, -0.2) is 66.5 Å². The van der Waals surface area contributed by atoms with E-state index in [-0.39, 0.29) is 23.4 Å². The normalized spacial score (nSPS) is 20.1. The van der Waals surface area contributed by atoms with Gasteiger partial charge in [0.1, 0.15) is 10.8 Å². The Hall–Kier alpha value is -1.06. The summed E-state index contributed by atoms with van der Waals surface area (Å²) < 4.78 is 26.0. The van der Waals surface area contributed by atoms with Gasteiger partial charge in [0.15, 0.2) is 5.78 Å². The first kappa shape index (κ1) is 20.7. The van der Waals surface area contributed by atoms with Crippen LogP contribution in [0.1, 0.15) is 38.5 Å². The van der Waals surface area contributed by atoms with E-state index in [4.69, 9.17) is 24.4 Å². The molecule has 3 rings (SSSR count). The molecule has 3 saturated carbocycles. The molecule has 0 amide bonds.